The molecule has 7 nitrogen and oxygen atoms in total. The molecular formula is C19H20F2N4O3. The van der Waals surface area contributed by atoms with Gasteiger partial charge in [-0.05, 0) is 43.0 Å². The Kier molecular flexibility index (Phi) is 5.72. The second-order valence-corrected chi connectivity index (χ2v) is 6.75. The molecule has 1 fully saturated rings. The van der Waals surface area contributed by atoms with Gasteiger partial charge in [-0.15, -0.1) is 0 Å². The first-order valence-electron chi connectivity index (χ1n) is 8.84. The maximum absolute atomic E-state index is 13.7. The van der Waals surface area contributed by atoms with Crippen LogP contribution in [0.25, 0.3) is 0 Å². The SMILES string of the molecule is NC(=O)c1ccc(C(=O)NCC(NC(=O)Cc2c(F)cccc2F)C2CC2)[nH]1. The van der Waals surface area contributed by atoms with Crippen LogP contribution in [-0.2, 0) is 11.2 Å². The number of halogens is 2. The Morgan fingerprint density at radius 3 is 2.32 bits per heavy atom. The van der Waals surface area contributed by atoms with Gasteiger partial charge in [0.25, 0.3) is 11.8 Å². The zero-order chi connectivity index (χ0) is 20.3. The number of carbonyl (C=O) groups excluding carboxylic acids is 3. The second kappa shape index (κ2) is 8.20. The first-order chi connectivity index (χ1) is 13.3. The van der Waals surface area contributed by atoms with Crippen molar-refractivity contribution in [1.29, 1.82) is 0 Å². The minimum atomic E-state index is -0.775. The lowest BCUT2D eigenvalue weighted by Gasteiger charge is -2.19. The maximum atomic E-state index is 13.7. The van der Waals surface area contributed by atoms with Crippen LogP contribution in [0.3, 0.4) is 0 Å². The van der Waals surface area contributed by atoms with Gasteiger partial charge in [0.2, 0.25) is 5.91 Å². The van der Waals surface area contributed by atoms with Gasteiger partial charge in [0.05, 0.1) is 6.42 Å². The summed E-state index contributed by atoms with van der Waals surface area (Å²) in [6.07, 6.45) is 1.36. The lowest BCUT2D eigenvalue weighted by molar-refractivity contribution is -0.121. The molecule has 148 valence electrons. The molecule has 1 unspecified atom stereocenters. The number of nitrogens with two attached hydrogens (primary N) is 1. The third-order valence-electron chi connectivity index (χ3n) is 4.62. The molecule has 2 aromatic rings. The second-order valence-electron chi connectivity index (χ2n) is 6.75. The number of H-pyrrole nitrogens is 1. The van der Waals surface area contributed by atoms with Gasteiger partial charge in [-0.2, -0.15) is 0 Å². The minimum absolute atomic E-state index is 0.115. The molecule has 0 aliphatic heterocycles. The van der Waals surface area contributed by atoms with Crippen LogP contribution >= 0.6 is 0 Å². The Morgan fingerprint density at radius 2 is 1.75 bits per heavy atom. The van der Waals surface area contributed by atoms with Crippen LogP contribution in [0.2, 0.25) is 0 Å². The summed E-state index contributed by atoms with van der Waals surface area (Å²) in [7, 11) is 0. The number of hydrogen-bond acceptors (Lipinski definition) is 3. The Balaban J connectivity index is 1.57. The molecule has 0 saturated heterocycles. The zero-order valence-electron chi connectivity index (χ0n) is 14.9. The summed E-state index contributed by atoms with van der Waals surface area (Å²) >= 11 is 0. The van der Waals surface area contributed by atoms with Gasteiger partial charge in [0.15, 0.2) is 0 Å². The molecule has 0 spiro atoms. The molecule has 5 N–H and O–H groups in total. The average Bonchev–Trinajstić information content (AvgIpc) is 3.36. The van der Waals surface area contributed by atoms with E-state index < -0.39 is 35.8 Å². The number of nitrogens with one attached hydrogen (secondary N) is 3. The first-order valence-corrected chi connectivity index (χ1v) is 8.84. The molecule has 3 amide bonds. The van der Waals surface area contributed by atoms with Crippen LogP contribution < -0.4 is 16.4 Å². The van der Waals surface area contributed by atoms with E-state index in [0.717, 1.165) is 25.0 Å². The highest BCUT2D eigenvalue weighted by Gasteiger charge is 2.33. The van der Waals surface area contributed by atoms with E-state index >= 15 is 0 Å². The predicted octanol–water partition coefficient (Wildman–Crippen LogP) is 1.26. The summed E-state index contributed by atoms with van der Waals surface area (Å²) in [5, 5.41) is 5.42. The molecule has 1 aliphatic carbocycles. The number of amides is 3. The van der Waals surface area contributed by atoms with Crippen molar-refractivity contribution >= 4 is 17.7 Å². The third kappa shape index (κ3) is 4.73. The zero-order valence-corrected chi connectivity index (χ0v) is 14.9. The number of carbonyl (C=O) groups is 3. The van der Waals surface area contributed by atoms with Crippen molar-refractivity contribution in [1.82, 2.24) is 15.6 Å². The van der Waals surface area contributed by atoms with E-state index in [4.69, 9.17) is 5.73 Å². The van der Waals surface area contributed by atoms with Crippen LogP contribution in [0, 0.1) is 17.6 Å². The molecule has 0 bridgehead atoms. The number of rotatable bonds is 8. The van der Waals surface area contributed by atoms with Crippen molar-refractivity contribution in [2.24, 2.45) is 11.7 Å². The van der Waals surface area contributed by atoms with Gasteiger partial charge >= 0.3 is 0 Å². The van der Waals surface area contributed by atoms with E-state index in [2.05, 4.69) is 15.6 Å². The fourth-order valence-corrected chi connectivity index (χ4v) is 2.92. The van der Waals surface area contributed by atoms with E-state index in [9.17, 15) is 23.2 Å². The maximum Gasteiger partial charge on any atom is 0.267 e. The molecule has 1 aromatic heterocycles. The summed E-state index contributed by atoms with van der Waals surface area (Å²) in [5.74, 6) is -3.01. The van der Waals surface area contributed by atoms with Crippen molar-refractivity contribution in [3.8, 4) is 0 Å². The fourth-order valence-electron chi connectivity index (χ4n) is 2.92. The smallest absolute Gasteiger partial charge is 0.267 e. The predicted molar refractivity (Wildman–Crippen MR) is 96.4 cm³/mol. The highest BCUT2D eigenvalue weighted by molar-refractivity contribution is 5.96. The summed E-state index contributed by atoms with van der Waals surface area (Å²) in [4.78, 5) is 38.1. The van der Waals surface area contributed by atoms with E-state index in [1.165, 1.54) is 18.2 Å². The summed E-state index contributed by atoms with van der Waals surface area (Å²) in [5.41, 5.74) is 5.13. The Bertz CT molecular complexity index is 888. The van der Waals surface area contributed by atoms with Gasteiger partial charge < -0.3 is 21.4 Å². The van der Waals surface area contributed by atoms with Gasteiger partial charge in [-0.25, -0.2) is 8.78 Å². The van der Waals surface area contributed by atoms with Gasteiger partial charge in [0, 0.05) is 18.2 Å². The van der Waals surface area contributed by atoms with Crippen molar-refractivity contribution < 1.29 is 23.2 Å². The summed E-state index contributed by atoms with van der Waals surface area (Å²) < 4.78 is 27.4. The molecule has 1 atom stereocenters. The van der Waals surface area contributed by atoms with Crippen LogP contribution in [0.15, 0.2) is 30.3 Å². The monoisotopic (exact) mass is 390 g/mol. The highest BCUT2D eigenvalue weighted by Crippen LogP contribution is 2.32. The lowest BCUT2D eigenvalue weighted by atomic mass is 10.1. The molecule has 1 heterocycles. The molecule has 28 heavy (non-hydrogen) atoms. The van der Waals surface area contributed by atoms with Crippen LogP contribution in [0.5, 0.6) is 0 Å². The molecular weight excluding hydrogens is 370 g/mol. The van der Waals surface area contributed by atoms with Crippen LogP contribution in [0.4, 0.5) is 8.78 Å². The van der Waals surface area contributed by atoms with Crippen molar-refractivity contribution in [3.63, 3.8) is 0 Å². The molecule has 1 saturated carbocycles. The number of primary amides is 1. The molecule has 1 aliphatic rings. The van der Waals surface area contributed by atoms with Crippen molar-refractivity contribution in [3.05, 3.63) is 58.9 Å². The minimum Gasteiger partial charge on any atom is -0.364 e. The number of benzene rings is 1. The van der Waals surface area contributed by atoms with Crippen LogP contribution in [-0.4, -0.2) is 35.3 Å². The Morgan fingerprint density at radius 1 is 1.11 bits per heavy atom. The molecule has 3 rings (SSSR count). The first kappa shape index (κ1) is 19.5. The van der Waals surface area contributed by atoms with Crippen molar-refractivity contribution in [2.75, 3.05) is 6.54 Å². The fraction of sp³-hybridized carbons (Fsp3) is 0.316. The highest BCUT2D eigenvalue weighted by atomic mass is 19.1. The lowest BCUT2D eigenvalue weighted by Crippen LogP contribution is -2.45. The topological polar surface area (TPSA) is 117 Å². The number of hydrogen-bond donors (Lipinski definition) is 4. The Hall–Kier alpha value is -3.23. The third-order valence-corrected chi connectivity index (χ3v) is 4.62. The number of aromatic amines is 1. The van der Waals surface area contributed by atoms with E-state index in [-0.39, 0.29) is 35.5 Å². The van der Waals surface area contributed by atoms with Crippen LogP contribution in [0.1, 0.15) is 39.4 Å². The average molecular weight is 390 g/mol. The van der Waals surface area contributed by atoms with Gasteiger partial charge in [0.1, 0.15) is 23.0 Å². The summed E-state index contributed by atoms with van der Waals surface area (Å²) in [6.45, 7) is 0.153. The largest absolute Gasteiger partial charge is 0.364 e. The van der Waals surface area contributed by atoms with E-state index in [1.807, 2.05) is 0 Å². The Labute approximate surface area is 159 Å². The molecule has 1 aromatic carbocycles. The summed E-state index contributed by atoms with van der Waals surface area (Å²) in [6, 6.07) is 5.92. The quantitative estimate of drug-likeness (QED) is 0.544. The van der Waals surface area contributed by atoms with Gasteiger partial charge in [-0.3, -0.25) is 14.4 Å². The molecule has 9 heteroatoms. The standard InChI is InChI=1S/C19H20F2N4O3/c20-12-2-1-3-13(21)11(12)8-17(26)25-16(10-4-5-10)9-23-19(28)15-7-6-14(24-15)18(22)27/h1-3,6-7,10,16,24H,4-5,8-9H2,(H2,22,27)(H,23,28)(H,25,26). The molecule has 0 radical (unpaired) electrons. The van der Waals surface area contributed by atoms with Crippen molar-refractivity contribution in [2.45, 2.75) is 25.3 Å². The van der Waals surface area contributed by atoms with Gasteiger partial charge in [-0.1, -0.05) is 6.07 Å². The number of aromatic nitrogens is 1. The van der Waals surface area contributed by atoms with E-state index in [1.54, 1.807) is 0 Å². The van der Waals surface area contributed by atoms with E-state index in [0.29, 0.717) is 0 Å². The normalized spacial score (nSPS) is 14.4.